The van der Waals surface area contributed by atoms with Crippen LogP contribution < -0.4 is 5.32 Å². The number of anilines is 1. The van der Waals surface area contributed by atoms with Gasteiger partial charge >= 0.3 is 0 Å². The molecule has 1 aromatic heterocycles. The van der Waals surface area contributed by atoms with Gasteiger partial charge in [-0.3, -0.25) is 0 Å². The van der Waals surface area contributed by atoms with Crippen molar-refractivity contribution < 1.29 is 0 Å². The molecule has 1 N–H and O–H groups in total. The van der Waals surface area contributed by atoms with Crippen molar-refractivity contribution in [3.05, 3.63) is 53.0 Å². The van der Waals surface area contributed by atoms with Gasteiger partial charge in [-0.15, -0.1) is 0 Å². The summed E-state index contributed by atoms with van der Waals surface area (Å²) in [6.45, 7) is 7.04. The van der Waals surface area contributed by atoms with Gasteiger partial charge in [0.2, 0.25) is 0 Å². The van der Waals surface area contributed by atoms with Crippen molar-refractivity contribution in [3.8, 4) is 0 Å². The van der Waals surface area contributed by atoms with Gasteiger partial charge in [-0.05, 0) is 26.3 Å². The fraction of sp³-hybridized carbons (Fsp3) is 0.333. The molecular weight excluding hydrogens is 222 g/mol. The van der Waals surface area contributed by atoms with E-state index in [0.29, 0.717) is 0 Å². The summed E-state index contributed by atoms with van der Waals surface area (Å²) >= 11 is 0. The summed E-state index contributed by atoms with van der Waals surface area (Å²) in [5, 5.41) is 3.29. The molecule has 0 saturated carbocycles. The van der Waals surface area contributed by atoms with E-state index in [-0.39, 0.29) is 0 Å². The van der Waals surface area contributed by atoms with E-state index < -0.39 is 0 Å². The molecule has 1 heterocycles. The van der Waals surface area contributed by atoms with E-state index in [4.69, 9.17) is 0 Å². The molecule has 2 rings (SSSR count). The lowest BCUT2D eigenvalue weighted by molar-refractivity contribution is 0.923. The Balaban J connectivity index is 2.28. The van der Waals surface area contributed by atoms with Gasteiger partial charge in [-0.1, -0.05) is 30.3 Å². The highest BCUT2D eigenvalue weighted by Gasteiger charge is 2.07. The predicted molar refractivity (Wildman–Crippen MR) is 74.9 cm³/mol. The second-order valence-electron chi connectivity index (χ2n) is 4.39. The Labute approximate surface area is 108 Å². The van der Waals surface area contributed by atoms with Gasteiger partial charge in [0.05, 0.1) is 0 Å². The van der Waals surface area contributed by atoms with Gasteiger partial charge in [0.15, 0.2) is 0 Å². The fourth-order valence-corrected chi connectivity index (χ4v) is 1.88. The molecule has 0 aliphatic heterocycles. The molecule has 3 nitrogen and oxygen atoms in total. The van der Waals surface area contributed by atoms with Crippen LogP contribution in [0.15, 0.2) is 30.3 Å². The highest BCUT2D eigenvalue weighted by molar-refractivity contribution is 5.45. The first-order chi connectivity index (χ1) is 8.70. The molecule has 0 amide bonds. The minimum atomic E-state index is 0.778. The summed E-state index contributed by atoms with van der Waals surface area (Å²) in [4.78, 5) is 9.16. The average Bonchev–Trinajstić information content (AvgIpc) is 2.37. The molecule has 0 aliphatic rings. The van der Waals surface area contributed by atoms with Crippen LogP contribution in [0, 0.1) is 13.8 Å². The third-order valence-corrected chi connectivity index (χ3v) is 2.98. The molecule has 0 bridgehead atoms. The third kappa shape index (κ3) is 2.86. The van der Waals surface area contributed by atoms with Crippen LogP contribution in [0.5, 0.6) is 0 Å². The first-order valence-electron chi connectivity index (χ1n) is 6.32. The largest absolute Gasteiger partial charge is 0.370 e. The zero-order valence-electron chi connectivity index (χ0n) is 11.2. The van der Waals surface area contributed by atoms with Crippen LogP contribution in [0.3, 0.4) is 0 Å². The molecule has 0 fully saturated rings. The minimum Gasteiger partial charge on any atom is -0.370 e. The van der Waals surface area contributed by atoms with Crippen molar-refractivity contribution in [2.75, 3.05) is 11.9 Å². The Morgan fingerprint density at radius 2 is 1.78 bits per heavy atom. The van der Waals surface area contributed by atoms with Crippen molar-refractivity contribution in [2.24, 2.45) is 0 Å². The van der Waals surface area contributed by atoms with Gasteiger partial charge in [0.25, 0.3) is 0 Å². The molecule has 0 aliphatic carbocycles. The van der Waals surface area contributed by atoms with E-state index in [1.807, 2.05) is 25.1 Å². The SMILES string of the molecule is CCNc1nc(Cc2ccccc2)nc(C)c1C. The maximum absolute atomic E-state index is 4.60. The molecule has 94 valence electrons. The summed E-state index contributed by atoms with van der Waals surface area (Å²) in [6.07, 6.45) is 0.778. The topological polar surface area (TPSA) is 37.8 Å². The summed E-state index contributed by atoms with van der Waals surface area (Å²) in [5.41, 5.74) is 3.42. The molecule has 3 heteroatoms. The van der Waals surface area contributed by atoms with E-state index in [1.165, 1.54) is 5.56 Å². The summed E-state index contributed by atoms with van der Waals surface area (Å²) in [6, 6.07) is 10.3. The number of aromatic nitrogens is 2. The predicted octanol–water partition coefficient (Wildman–Crippen LogP) is 3.12. The highest BCUT2D eigenvalue weighted by Crippen LogP contribution is 2.16. The Bertz CT molecular complexity index is 521. The number of nitrogens with one attached hydrogen (secondary N) is 1. The van der Waals surface area contributed by atoms with E-state index in [2.05, 4.69) is 41.3 Å². The normalized spacial score (nSPS) is 10.4. The lowest BCUT2D eigenvalue weighted by atomic mass is 10.1. The average molecular weight is 241 g/mol. The van der Waals surface area contributed by atoms with Crippen LogP contribution in [0.2, 0.25) is 0 Å². The number of rotatable bonds is 4. The number of benzene rings is 1. The summed E-state index contributed by atoms with van der Waals surface area (Å²) in [7, 11) is 0. The second kappa shape index (κ2) is 5.63. The number of hydrogen-bond donors (Lipinski definition) is 1. The molecule has 0 saturated heterocycles. The zero-order chi connectivity index (χ0) is 13.0. The molecule has 1 aromatic carbocycles. The molecule has 2 aromatic rings. The lowest BCUT2D eigenvalue weighted by Crippen LogP contribution is -2.08. The van der Waals surface area contributed by atoms with E-state index in [1.54, 1.807) is 0 Å². The van der Waals surface area contributed by atoms with Crippen molar-refractivity contribution >= 4 is 5.82 Å². The van der Waals surface area contributed by atoms with Crippen LogP contribution in [0.1, 0.15) is 29.6 Å². The third-order valence-electron chi connectivity index (χ3n) is 2.98. The van der Waals surface area contributed by atoms with Crippen molar-refractivity contribution in [3.63, 3.8) is 0 Å². The minimum absolute atomic E-state index is 0.778. The summed E-state index contributed by atoms with van der Waals surface area (Å²) in [5.74, 6) is 1.83. The molecule has 0 unspecified atom stereocenters. The molecular formula is C15H19N3. The van der Waals surface area contributed by atoms with Crippen LogP contribution >= 0.6 is 0 Å². The van der Waals surface area contributed by atoms with E-state index in [0.717, 1.165) is 35.9 Å². The van der Waals surface area contributed by atoms with E-state index >= 15 is 0 Å². The molecule has 18 heavy (non-hydrogen) atoms. The monoisotopic (exact) mass is 241 g/mol. The van der Waals surface area contributed by atoms with Crippen molar-refractivity contribution in [1.82, 2.24) is 9.97 Å². The van der Waals surface area contributed by atoms with Gasteiger partial charge < -0.3 is 5.32 Å². The van der Waals surface area contributed by atoms with Crippen LogP contribution in [-0.4, -0.2) is 16.5 Å². The number of hydrogen-bond acceptors (Lipinski definition) is 3. The van der Waals surface area contributed by atoms with Gasteiger partial charge in [-0.25, -0.2) is 9.97 Å². The maximum Gasteiger partial charge on any atom is 0.135 e. The highest BCUT2D eigenvalue weighted by atomic mass is 15.0. The van der Waals surface area contributed by atoms with Crippen LogP contribution in [-0.2, 0) is 6.42 Å². The Hall–Kier alpha value is -1.90. The zero-order valence-corrected chi connectivity index (χ0v) is 11.2. The maximum atomic E-state index is 4.60. The molecule has 0 atom stereocenters. The van der Waals surface area contributed by atoms with Crippen molar-refractivity contribution in [2.45, 2.75) is 27.2 Å². The Morgan fingerprint density at radius 3 is 2.44 bits per heavy atom. The van der Waals surface area contributed by atoms with Crippen molar-refractivity contribution in [1.29, 1.82) is 0 Å². The summed E-state index contributed by atoms with van der Waals surface area (Å²) < 4.78 is 0. The van der Waals surface area contributed by atoms with E-state index in [9.17, 15) is 0 Å². The van der Waals surface area contributed by atoms with Gasteiger partial charge in [0.1, 0.15) is 11.6 Å². The second-order valence-corrected chi connectivity index (χ2v) is 4.39. The first kappa shape index (κ1) is 12.6. The Morgan fingerprint density at radius 1 is 1.06 bits per heavy atom. The van der Waals surface area contributed by atoms with Gasteiger partial charge in [-0.2, -0.15) is 0 Å². The number of aryl methyl sites for hydroxylation is 1. The molecule has 0 radical (unpaired) electrons. The van der Waals surface area contributed by atoms with Crippen LogP contribution in [0.4, 0.5) is 5.82 Å². The number of nitrogens with zero attached hydrogens (tertiary/aromatic N) is 2. The Kier molecular flexibility index (Phi) is 3.92. The van der Waals surface area contributed by atoms with Crippen LogP contribution in [0.25, 0.3) is 0 Å². The van der Waals surface area contributed by atoms with Gasteiger partial charge in [0, 0.05) is 24.2 Å². The lowest BCUT2D eigenvalue weighted by Gasteiger charge is -2.11. The first-order valence-corrected chi connectivity index (χ1v) is 6.32. The smallest absolute Gasteiger partial charge is 0.135 e. The quantitative estimate of drug-likeness (QED) is 0.893. The standard InChI is InChI=1S/C15H19N3/c1-4-16-15-11(2)12(3)17-14(18-15)10-13-8-6-5-7-9-13/h5-9H,4,10H2,1-3H3,(H,16,17,18). The fourth-order valence-electron chi connectivity index (χ4n) is 1.88. The molecule has 0 spiro atoms.